The van der Waals surface area contributed by atoms with Gasteiger partial charge in [-0.15, -0.1) is 35.3 Å². The molecule has 1 aromatic heterocycles. The smallest absolute Gasteiger partial charge is 0.357 e. The number of rotatable bonds is 5. The SMILES string of the molecule is CCNC(=NCc1nc(C(F)(F)F)cs1)NCCC(F)(F)F.I. The van der Waals surface area contributed by atoms with Crippen LogP contribution in [0.5, 0.6) is 0 Å². The number of aliphatic imine (C=N–C) groups is 1. The maximum Gasteiger partial charge on any atom is 0.434 e. The zero-order valence-corrected chi connectivity index (χ0v) is 15.0. The van der Waals surface area contributed by atoms with E-state index in [1.807, 2.05) is 0 Å². The van der Waals surface area contributed by atoms with Crippen LogP contribution in [0.1, 0.15) is 24.0 Å². The molecule has 0 saturated carbocycles. The molecule has 23 heavy (non-hydrogen) atoms. The summed E-state index contributed by atoms with van der Waals surface area (Å²) in [5.41, 5.74) is -1.00. The van der Waals surface area contributed by atoms with E-state index in [9.17, 15) is 26.3 Å². The third kappa shape index (κ3) is 9.17. The summed E-state index contributed by atoms with van der Waals surface area (Å²) >= 11 is 0.791. The van der Waals surface area contributed by atoms with Gasteiger partial charge in [-0.1, -0.05) is 0 Å². The fraction of sp³-hybridized carbons (Fsp3) is 0.636. The average molecular weight is 476 g/mol. The van der Waals surface area contributed by atoms with E-state index in [4.69, 9.17) is 0 Å². The molecule has 1 heterocycles. The second kappa shape index (κ2) is 9.49. The van der Waals surface area contributed by atoms with Crippen molar-refractivity contribution in [2.24, 2.45) is 4.99 Å². The van der Waals surface area contributed by atoms with Crippen LogP contribution in [0, 0.1) is 0 Å². The molecule has 0 atom stereocenters. The molecule has 12 heteroatoms. The fourth-order valence-electron chi connectivity index (χ4n) is 1.32. The third-order valence-corrected chi connectivity index (χ3v) is 3.09. The van der Waals surface area contributed by atoms with Gasteiger partial charge in [0.1, 0.15) is 5.01 Å². The number of hydrogen-bond donors (Lipinski definition) is 2. The van der Waals surface area contributed by atoms with Crippen molar-refractivity contribution in [1.82, 2.24) is 15.6 Å². The van der Waals surface area contributed by atoms with Gasteiger partial charge in [-0.2, -0.15) is 26.3 Å². The lowest BCUT2D eigenvalue weighted by molar-refractivity contribution is -0.140. The highest BCUT2D eigenvalue weighted by Crippen LogP contribution is 2.30. The molecule has 1 aromatic rings. The van der Waals surface area contributed by atoms with E-state index >= 15 is 0 Å². The van der Waals surface area contributed by atoms with Crippen molar-refractivity contribution in [1.29, 1.82) is 0 Å². The Morgan fingerprint density at radius 1 is 1.22 bits per heavy atom. The molecule has 0 spiro atoms. The van der Waals surface area contributed by atoms with Gasteiger partial charge in [0.05, 0.1) is 13.0 Å². The molecule has 2 N–H and O–H groups in total. The molecular weight excluding hydrogens is 461 g/mol. The Kier molecular flexibility index (Phi) is 9.17. The predicted octanol–water partition coefficient (Wildman–Crippen LogP) is 3.79. The van der Waals surface area contributed by atoms with Gasteiger partial charge >= 0.3 is 12.4 Å². The Morgan fingerprint density at radius 2 is 1.87 bits per heavy atom. The van der Waals surface area contributed by atoms with E-state index in [1.165, 1.54) is 0 Å². The lowest BCUT2D eigenvalue weighted by Gasteiger charge is -2.12. The molecule has 0 saturated heterocycles. The molecule has 0 bridgehead atoms. The minimum Gasteiger partial charge on any atom is -0.357 e. The molecule has 1 rings (SSSR count). The fourth-order valence-corrected chi connectivity index (χ4v) is 2.05. The molecule has 0 aliphatic carbocycles. The van der Waals surface area contributed by atoms with Gasteiger partial charge in [0.2, 0.25) is 0 Å². The molecule has 0 radical (unpaired) electrons. The number of nitrogens with one attached hydrogen (secondary N) is 2. The molecule has 134 valence electrons. The van der Waals surface area contributed by atoms with Crippen molar-refractivity contribution >= 4 is 41.3 Å². The molecule has 0 aromatic carbocycles. The number of thiazole rings is 1. The van der Waals surface area contributed by atoms with Crippen molar-refractivity contribution in [3.8, 4) is 0 Å². The van der Waals surface area contributed by atoms with Crippen LogP contribution in [0.4, 0.5) is 26.3 Å². The molecular formula is C11H15F6IN4S. The van der Waals surface area contributed by atoms with Crippen molar-refractivity contribution in [2.45, 2.75) is 32.2 Å². The van der Waals surface area contributed by atoms with Crippen molar-refractivity contribution in [2.75, 3.05) is 13.1 Å². The summed E-state index contributed by atoms with van der Waals surface area (Å²) in [6.07, 6.45) is -9.85. The van der Waals surface area contributed by atoms with E-state index in [0.717, 1.165) is 16.7 Å². The number of nitrogens with zero attached hydrogens (tertiary/aromatic N) is 2. The van der Waals surface area contributed by atoms with E-state index in [-0.39, 0.29) is 48.0 Å². The van der Waals surface area contributed by atoms with Gasteiger partial charge in [0.25, 0.3) is 0 Å². The highest BCUT2D eigenvalue weighted by Gasteiger charge is 2.33. The minimum absolute atomic E-state index is 0. The monoisotopic (exact) mass is 476 g/mol. The van der Waals surface area contributed by atoms with E-state index in [1.54, 1.807) is 6.92 Å². The van der Waals surface area contributed by atoms with Crippen LogP contribution in [0.25, 0.3) is 0 Å². The molecule has 0 fully saturated rings. The quantitative estimate of drug-likeness (QED) is 0.295. The minimum atomic E-state index is -4.52. The van der Waals surface area contributed by atoms with Crippen LogP contribution in [0.3, 0.4) is 0 Å². The van der Waals surface area contributed by atoms with E-state index < -0.39 is 24.5 Å². The van der Waals surface area contributed by atoms with Gasteiger partial charge in [-0.25, -0.2) is 9.98 Å². The zero-order valence-electron chi connectivity index (χ0n) is 11.9. The van der Waals surface area contributed by atoms with Crippen LogP contribution < -0.4 is 10.6 Å². The van der Waals surface area contributed by atoms with Crippen molar-refractivity contribution < 1.29 is 26.3 Å². The number of halogens is 7. The van der Waals surface area contributed by atoms with Crippen LogP contribution in [0.2, 0.25) is 0 Å². The summed E-state index contributed by atoms with van der Waals surface area (Å²) in [6.45, 7) is 1.60. The molecule has 4 nitrogen and oxygen atoms in total. The molecule has 0 unspecified atom stereocenters. The maximum absolute atomic E-state index is 12.4. The van der Waals surface area contributed by atoms with Gasteiger partial charge < -0.3 is 10.6 Å². The Morgan fingerprint density at radius 3 is 2.35 bits per heavy atom. The normalized spacial score (nSPS) is 12.7. The third-order valence-electron chi connectivity index (χ3n) is 2.26. The van der Waals surface area contributed by atoms with Crippen molar-refractivity contribution in [3.05, 3.63) is 16.1 Å². The lowest BCUT2D eigenvalue weighted by Crippen LogP contribution is -2.38. The second-order valence-electron chi connectivity index (χ2n) is 4.11. The van der Waals surface area contributed by atoms with Crippen LogP contribution >= 0.6 is 35.3 Å². The van der Waals surface area contributed by atoms with Gasteiger partial charge in [-0.05, 0) is 6.92 Å². The Hall–Kier alpha value is -0.790. The van der Waals surface area contributed by atoms with Crippen molar-refractivity contribution in [3.63, 3.8) is 0 Å². The van der Waals surface area contributed by atoms with Crippen LogP contribution in [-0.4, -0.2) is 30.2 Å². The summed E-state index contributed by atoms with van der Waals surface area (Å²) in [7, 11) is 0. The number of alkyl halides is 6. The maximum atomic E-state index is 12.4. The highest BCUT2D eigenvalue weighted by atomic mass is 127. The Bertz CT molecular complexity index is 499. The predicted molar refractivity (Wildman–Crippen MR) is 86.0 cm³/mol. The Balaban J connectivity index is 0.00000484. The highest BCUT2D eigenvalue weighted by molar-refractivity contribution is 14.0. The van der Waals surface area contributed by atoms with Gasteiger partial charge in [0, 0.05) is 18.5 Å². The molecule has 0 aliphatic heterocycles. The zero-order chi connectivity index (χ0) is 16.8. The van der Waals surface area contributed by atoms with E-state index in [0.29, 0.717) is 6.54 Å². The molecule has 0 aliphatic rings. The summed E-state index contributed by atoms with van der Waals surface area (Å²) in [5, 5.41) is 6.16. The number of hydrogen-bond acceptors (Lipinski definition) is 3. The second-order valence-corrected chi connectivity index (χ2v) is 5.05. The topological polar surface area (TPSA) is 49.3 Å². The van der Waals surface area contributed by atoms with E-state index in [2.05, 4.69) is 20.6 Å². The first-order valence-electron chi connectivity index (χ1n) is 6.22. The standard InChI is InChI=1S/C11H14F6N4S.HI/c1-2-18-9(19-4-3-10(12,13)14)20-5-8-21-7(6-22-8)11(15,16)17;/h6H,2-5H2,1H3,(H2,18,19,20);1H. The summed E-state index contributed by atoms with van der Waals surface area (Å²) in [4.78, 5) is 7.29. The first kappa shape index (κ1) is 22.2. The summed E-state index contributed by atoms with van der Waals surface area (Å²) in [5.74, 6) is 0.0931. The largest absolute Gasteiger partial charge is 0.434 e. The first-order valence-corrected chi connectivity index (χ1v) is 7.10. The van der Waals surface area contributed by atoms with Gasteiger partial charge in [-0.3, -0.25) is 0 Å². The van der Waals surface area contributed by atoms with Crippen LogP contribution in [-0.2, 0) is 12.7 Å². The first-order chi connectivity index (χ1) is 10.1. The number of aromatic nitrogens is 1. The summed E-state index contributed by atoms with van der Waals surface area (Å²) < 4.78 is 73.3. The molecule has 0 amide bonds. The van der Waals surface area contributed by atoms with Crippen LogP contribution in [0.15, 0.2) is 10.4 Å². The summed E-state index contributed by atoms with van der Waals surface area (Å²) in [6, 6.07) is 0. The van der Waals surface area contributed by atoms with Gasteiger partial charge in [0.15, 0.2) is 11.7 Å². The average Bonchev–Trinajstić information content (AvgIpc) is 2.83. The Labute approximate surface area is 149 Å². The number of guanidine groups is 1. The lowest BCUT2D eigenvalue weighted by atomic mass is 10.4.